The fourth-order valence-electron chi connectivity index (χ4n) is 2.65. The molecule has 1 heterocycles. The molecule has 0 amide bonds. The number of aromatic amines is 1. The zero-order chi connectivity index (χ0) is 19.1. The van der Waals surface area contributed by atoms with Gasteiger partial charge in [0.25, 0.3) is 0 Å². The highest BCUT2D eigenvalue weighted by Crippen LogP contribution is 2.22. The monoisotopic (exact) mass is 359 g/mol. The first-order valence-corrected chi connectivity index (χ1v) is 8.25. The zero-order valence-corrected chi connectivity index (χ0v) is 14.7. The van der Waals surface area contributed by atoms with Gasteiger partial charge in [-0.05, 0) is 31.4 Å². The number of benzene rings is 1. The van der Waals surface area contributed by atoms with Crippen molar-refractivity contribution < 1.29 is 29.0 Å². The maximum absolute atomic E-state index is 12.4. The molecule has 0 radical (unpaired) electrons. The maximum atomic E-state index is 12.4. The van der Waals surface area contributed by atoms with Crippen molar-refractivity contribution in [3.63, 3.8) is 0 Å². The second kappa shape index (κ2) is 8.84. The summed E-state index contributed by atoms with van der Waals surface area (Å²) in [5, 5.41) is 9.43. The minimum Gasteiger partial charge on any atom is -0.478 e. The highest BCUT2D eigenvalue weighted by molar-refractivity contribution is 5.98. The third-order valence-corrected chi connectivity index (χ3v) is 3.81. The van der Waals surface area contributed by atoms with Crippen LogP contribution in [0.1, 0.15) is 51.0 Å². The Hall–Kier alpha value is -3.09. The quantitative estimate of drug-likeness (QED) is 0.702. The summed E-state index contributed by atoms with van der Waals surface area (Å²) in [5.74, 6) is -2.28. The van der Waals surface area contributed by atoms with Crippen molar-refractivity contribution in [2.24, 2.45) is 0 Å². The number of hydrogen-bond acceptors (Lipinski definition) is 5. The van der Waals surface area contributed by atoms with E-state index in [0.29, 0.717) is 5.69 Å². The van der Waals surface area contributed by atoms with Gasteiger partial charge in [-0.25, -0.2) is 9.59 Å². The first-order chi connectivity index (χ1) is 12.4. The molecule has 2 N–H and O–H groups in total. The molecule has 7 nitrogen and oxygen atoms in total. The van der Waals surface area contributed by atoms with Crippen LogP contribution in [0.4, 0.5) is 0 Å². The molecule has 138 valence electrons. The highest BCUT2D eigenvalue weighted by Gasteiger charge is 2.25. The van der Waals surface area contributed by atoms with Crippen molar-refractivity contribution in [2.45, 2.75) is 33.3 Å². The number of esters is 2. The van der Waals surface area contributed by atoms with Crippen LogP contribution in [-0.2, 0) is 27.3 Å². The van der Waals surface area contributed by atoms with Crippen molar-refractivity contribution in [1.29, 1.82) is 0 Å². The van der Waals surface area contributed by atoms with Crippen LogP contribution < -0.4 is 0 Å². The summed E-state index contributed by atoms with van der Waals surface area (Å²) in [5.41, 5.74) is 1.45. The molecule has 0 aliphatic heterocycles. The lowest BCUT2D eigenvalue weighted by molar-refractivity contribution is -0.143. The van der Waals surface area contributed by atoms with E-state index in [4.69, 9.17) is 9.47 Å². The Labute approximate surface area is 150 Å². The largest absolute Gasteiger partial charge is 0.478 e. The molecule has 1 aromatic carbocycles. The first-order valence-electron chi connectivity index (χ1n) is 8.25. The fraction of sp³-hybridized carbons (Fsp3) is 0.316. The van der Waals surface area contributed by atoms with Crippen LogP contribution in [-0.4, -0.2) is 34.6 Å². The summed E-state index contributed by atoms with van der Waals surface area (Å²) in [7, 11) is 0. The summed E-state index contributed by atoms with van der Waals surface area (Å²) >= 11 is 0. The lowest BCUT2D eigenvalue weighted by Gasteiger charge is -2.07. The van der Waals surface area contributed by atoms with E-state index in [1.165, 1.54) is 0 Å². The van der Waals surface area contributed by atoms with Gasteiger partial charge < -0.3 is 19.6 Å². The number of carboxylic acids is 1. The number of nitrogens with one attached hydrogen (secondary N) is 1. The predicted octanol–water partition coefficient (Wildman–Crippen LogP) is 2.87. The van der Waals surface area contributed by atoms with E-state index in [2.05, 4.69) is 4.98 Å². The maximum Gasteiger partial charge on any atom is 0.355 e. The molecular weight excluding hydrogens is 338 g/mol. The number of aromatic nitrogens is 1. The zero-order valence-electron chi connectivity index (χ0n) is 14.7. The van der Waals surface area contributed by atoms with Gasteiger partial charge in [0.15, 0.2) is 0 Å². The SMILES string of the molecule is CCOC(=O)CCc1c(C(=O)OCc2ccccc2)[nH]c(C)c1C(=O)O. The average Bonchev–Trinajstić information content (AvgIpc) is 2.95. The number of aromatic carboxylic acids is 1. The van der Waals surface area contributed by atoms with Gasteiger partial charge in [-0.15, -0.1) is 0 Å². The molecule has 0 atom stereocenters. The van der Waals surface area contributed by atoms with E-state index in [1.54, 1.807) is 13.8 Å². The van der Waals surface area contributed by atoms with Crippen molar-refractivity contribution in [2.75, 3.05) is 6.61 Å². The number of ether oxygens (including phenoxy) is 2. The van der Waals surface area contributed by atoms with Crippen molar-refractivity contribution in [1.82, 2.24) is 4.98 Å². The van der Waals surface area contributed by atoms with E-state index in [0.717, 1.165) is 5.56 Å². The Morgan fingerprint density at radius 3 is 2.42 bits per heavy atom. The van der Waals surface area contributed by atoms with Crippen LogP contribution in [0.25, 0.3) is 0 Å². The predicted molar refractivity (Wildman–Crippen MR) is 93.0 cm³/mol. The Bertz CT molecular complexity index is 794. The van der Waals surface area contributed by atoms with Crippen LogP contribution in [0.3, 0.4) is 0 Å². The van der Waals surface area contributed by atoms with Crippen molar-refractivity contribution in [3.8, 4) is 0 Å². The summed E-state index contributed by atoms with van der Waals surface area (Å²) in [6.07, 6.45) is 0.0466. The number of H-pyrrole nitrogens is 1. The topological polar surface area (TPSA) is 106 Å². The number of carbonyl (C=O) groups excluding carboxylic acids is 2. The fourth-order valence-corrected chi connectivity index (χ4v) is 2.65. The van der Waals surface area contributed by atoms with E-state index >= 15 is 0 Å². The summed E-state index contributed by atoms with van der Waals surface area (Å²) in [6.45, 7) is 3.55. The van der Waals surface area contributed by atoms with Crippen LogP contribution in [0, 0.1) is 6.92 Å². The molecule has 0 saturated carbocycles. The van der Waals surface area contributed by atoms with Crippen molar-refractivity contribution >= 4 is 17.9 Å². The van der Waals surface area contributed by atoms with Gasteiger partial charge >= 0.3 is 17.9 Å². The lowest BCUT2D eigenvalue weighted by atomic mass is 10.0. The van der Waals surface area contributed by atoms with E-state index in [1.807, 2.05) is 30.3 Å². The Kier molecular flexibility index (Phi) is 6.54. The molecule has 0 bridgehead atoms. The molecule has 2 aromatic rings. The van der Waals surface area contributed by atoms with Gasteiger partial charge in [0, 0.05) is 12.1 Å². The summed E-state index contributed by atoms with van der Waals surface area (Å²) in [6, 6.07) is 9.14. The molecule has 1 aromatic heterocycles. The van der Waals surface area contributed by atoms with E-state index in [-0.39, 0.29) is 42.9 Å². The third kappa shape index (κ3) is 4.72. The normalized spacial score (nSPS) is 10.4. The molecule has 0 fully saturated rings. The standard InChI is InChI=1S/C19H21NO6/c1-3-25-15(21)10-9-14-16(18(22)23)12(2)20-17(14)19(24)26-11-13-7-5-4-6-8-13/h4-8,20H,3,9-11H2,1-2H3,(H,22,23). The molecule has 0 saturated heterocycles. The van der Waals surface area contributed by atoms with Gasteiger partial charge in [-0.1, -0.05) is 30.3 Å². The van der Waals surface area contributed by atoms with Gasteiger partial charge in [-0.3, -0.25) is 4.79 Å². The molecule has 0 aliphatic rings. The number of carbonyl (C=O) groups is 3. The Morgan fingerprint density at radius 2 is 1.81 bits per heavy atom. The van der Waals surface area contributed by atoms with Crippen LogP contribution in [0.5, 0.6) is 0 Å². The van der Waals surface area contributed by atoms with Gasteiger partial charge in [0.1, 0.15) is 12.3 Å². The van der Waals surface area contributed by atoms with Crippen LogP contribution in [0.15, 0.2) is 30.3 Å². The van der Waals surface area contributed by atoms with Gasteiger partial charge in [0.2, 0.25) is 0 Å². The number of hydrogen-bond donors (Lipinski definition) is 2. The van der Waals surface area contributed by atoms with E-state index in [9.17, 15) is 19.5 Å². The minimum atomic E-state index is -1.17. The number of aryl methyl sites for hydroxylation is 1. The number of rotatable bonds is 8. The van der Waals surface area contributed by atoms with Crippen LogP contribution in [0.2, 0.25) is 0 Å². The van der Waals surface area contributed by atoms with Crippen molar-refractivity contribution in [3.05, 3.63) is 58.4 Å². The molecule has 2 rings (SSSR count). The Morgan fingerprint density at radius 1 is 1.12 bits per heavy atom. The lowest BCUT2D eigenvalue weighted by Crippen LogP contribution is -2.12. The highest BCUT2D eigenvalue weighted by atomic mass is 16.5. The number of carboxylic acid groups (broad SMARTS) is 1. The molecule has 0 aliphatic carbocycles. The first kappa shape index (κ1) is 19.2. The smallest absolute Gasteiger partial charge is 0.355 e. The van der Waals surface area contributed by atoms with Crippen LogP contribution >= 0.6 is 0 Å². The van der Waals surface area contributed by atoms with E-state index < -0.39 is 17.9 Å². The molecule has 26 heavy (non-hydrogen) atoms. The average molecular weight is 359 g/mol. The Balaban J connectivity index is 2.20. The summed E-state index contributed by atoms with van der Waals surface area (Å²) < 4.78 is 10.1. The minimum absolute atomic E-state index is 0.0130. The second-order valence-electron chi connectivity index (χ2n) is 5.65. The van der Waals surface area contributed by atoms with Gasteiger partial charge in [-0.2, -0.15) is 0 Å². The molecule has 0 unspecified atom stereocenters. The van der Waals surface area contributed by atoms with Gasteiger partial charge in [0.05, 0.1) is 12.2 Å². The molecular formula is C19H21NO6. The second-order valence-corrected chi connectivity index (χ2v) is 5.65. The summed E-state index contributed by atoms with van der Waals surface area (Å²) in [4.78, 5) is 38.4. The molecule has 0 spiro atoms. The molecule has 7 heteroatoms. The third-order valence-electron chi connectivity index (χ3n) is 3.81.